The first-order valence-corrected chi connectivity index (χ1v) is 10.9. The minimum absolute atomic E-state index is 0.153. The number of ketones is 1. The monoisotopic (exact) mass is 480 g/mol. The maximum atomic E-state index is 13.1. The zero-order chi connectivity index (χ0) is 24.0. The smallest absolute Gasteiger partial charge is 0.301 e. The molecule has 1 amide bonds. The van der Waals surface area contributed by atoms with Gasteiger partial charge in [-0.2, -0.15) is 0 Å². The summed E-state index contributed by atoms with van der Waals surface area (Å²) in [6.07, 6.45) is 0. The molecular weight excluding hydrogens is 464 g/mol. The largest absolute Gasteiger partial charge is 0.507 e. The van der Waals surface area contributed by atoms with Gasteiger partial charge < -0.3 is 14.6 Å². The maximum Gasteiger partial charge on any atom is 0.301 e. The van der Waals surface area contributed by atoms with Crippen molar-refractivity contribution in [2.24, 2.45) is 0 Å². The number of amides is 1. The summed E-state index contributed by atoms with van der Waals surface area (Å²) in [7, 11) is 0. The Balaban J connectivity index is 1.68. The van der Waals surface area contributed by atoms with E-state index in [-0.39, 0.29) is 22.0 Å². The Hall–Kier alpha value is -4.32. The number of aryl methyl sites for hydroxylation is 1. The highest BCUT2D eigenvalue weighted by atomic mass is 32.1. The topological polar surface area (TPSA) is 145 Å². The fraction of sp³-hybridized carbons (Fsp3) is 0.182. The Labute approximate surface area is 196 Å². The molecule has 3 heterocycles. The van der Waals surface area contributed by atoms with Gasteiger partial charge in [-0.25, -0.2) is 0 Å². The molecule has 0 bridgehead atoms. The van der Waals surface area contributed by atoms with Crippen LogP contribution in [0.15, 0.2) is 48.0 Å². The maximum absolute atomic E-state index is 13.1. The average molecular weight is 480 g/mol. The molecule has 1 aromatic heterocycles. The highest BCUT2D eigenvalue weighted by Crippen LogP contribution is 2.44. The molecule has 0 aliphatic carbocycles. The summed E-state index contributed by atoms with van der Waals surface area (Å²) in [6, 6.07) is 9.03. The van der Waals surface area contributed by atoms with E-state index in [2.05, 4.69) is 10.2 Å². The van der Waals surface area contributed by atoms with E-state index in [1.807, 2.05) is 0 Å². The van der Waals surface area contributed by atoms with Crippen LogP contribution < -0.4 is 14.4 Å². The number of nitro groups is 1. The molecule has 172 valence electrons. The molecule has 11 nitrogen and oxygen atoms in total. The second-order valence-corrected chi connectivity index (χ2v) is 8.64. The van der Waals surface area contributed by atoms with Gasteiger partial charge in [0, 0.05) is 17.7 Å². The molecule has 0 radical (unpaired) electrons. The van der Waals surface area contributed by atoms with Gasteiger partial charge in [0.15, 0.2) is 11.5 Å². The highest BCUT2D eigenvalue weighted by Gasteiger charge is 2.48. The number of aromatic nitrogens is 2. The lowest BCUT2D eigenvalue weighted by molar-refractivity contribution is -0.384. The van der Waals surface area contributed by atoms with Crippen molar-refractivity contribution in [3.05, 3.63) is 74.3 Å². The molecule has 1 saturated heterocycles. The summed E-state index contributed by atoms with van der Waals surface area (Å²) < 4.78 is 11.1. The van der Waals surface area contributed by atoms with E-state index in [1.54, 1.807) is 19.1 Å². The fourth-order valence-electron chi connectivity index (χ4n) is 3.85. The second kappa shape index (κ2) is 8.23. The number of carbonyl (C=O) groups excluding carboxylic acids is 2. The second-order valence-electron chi connectivity index (χ2n) is 7.48. The number of benzene rings is 2. The van der Waals surface area contributed by atoms with Crippen molar-refractivity contribution in [2.45, 2.75) is 13.0 Å². The lowest BCUT2D eigenvalue weighted by Gasteiger charge is -2.23. The van der Waals surface area contributed by atoms with Gasteiger partial charge in [-0.3, -0.25) is 24.6 Å². The molecular formula is C22H16N4O7S. The highest BCUT2D eigenvalue weighted by molar-refractivity contribution is 7.15. The summed E-state index contributed by atoms with van der Waals surface area (Å²) in [5.74, 6) is -1.32. The number of hydrogen-bond acceptors (Lipinski definition) is 10. The molecule has 0 unspecified atom stereocenters. The van der Waals surface area contributed by atoms with Crippen molar-refractivity contribution in [2.75, 3.05) is 18.1 Å². The van der Waals surface area contributed by atoms with Crippen molar-refractivity contribution in [1.82, 2.24) is 10.2 Å². The number of hydrogen-bond donors (Lipinski definition) is 1. The number of nitrogens with zero attached hydrogens (tertiary/aromatic N) is 4. The van der Waals surface area contributed by atoms with Gasteiger partial charge in [-0.05, 0) is 42.8 Å². The Morgan fingerprint density at radius 1 is 1.12 bits per heavy atom. The predicted octanol–water partition coefficient (Wildman–Crippen LogP) is 3.15. The fourth-order valence-corrected chi connectivity index (χ4v) is 4.57. The van der Waals surface area contributed by atoms with Gasteiger partial charge >= 0.3 is 5.91 Å². The van der Waals surface area contributed by atoms with E-state index in [0.717, 1.165) is 16.2 Å². The number of rotatable bonds is 4. The molecule has 5 rings (SSSR count). The quantitative estimate of drug-likeness (QED) is 0.196. The molecule has 2 aromatic carbocycles. The van der Waals surface area contributed by atoms with Gasteiger partial charge in [-0.15, -0.1) is 10.2 Å². The molecule has 2 aliphatic rings. The first-order valence-electron chi connectivity index (χ1n) is 10.1. The van der Waals surface area contributed by atoms with E-state index < -0.39 is 28.4 Å². The van der Waals surface area contributed by atoms with E-state index in [0.29, 0.717) is 35.3 Å². The van der Waals surface area contributed by atoms with E-state index in [9.17, 15) is 24.8 Å². The summed E-state index contributed by atoms with van der Waals surface area (Å²) in [5.41, 5.74) is 0.307. The minimum Gasteiger partial charge on any atom is -0.507 e. The van der Waals surface area contributed by atoms with E-state index in [1.165, 1.54) is 30.3 Å². The number of nitro benzene ring substituents is 1. The van der Waals surface area contributed by atoms with Gasteiger partial charge in [0.05, 0.1) is 16.5 Å². The zero-order valence-corrected chi connectivity index (χ0v) is 18.4. The number of Topliss-reactive ketones (excluding diaryl/α,β-unsaturated/α-hetero) is 1. The number of fused-ring (bicyclic) bond motifs is 1. The van der Waals surface area contributed by atoms with Gasteiger partial charge in [0.25, 0.3) is 11.5 Å². The van der Waals surface area contributed by atoms with Crippen LogP contribution in [0.3, 0.4) is 0 Å². The Morgan fingerprint density at radius 2 is 1.82 bits per heavy atom. The third kappa shape index (κ3) is 3.53. The number of non-ortho nitro benzene ring substituents is 1. The molecule has 1 atom stereocenters. The Morgan fingerprint density at radius 3 is 2.47 bits per heavy atom. The van der Waals surface area contributed by atoms with Crippen molar-refractivity contribution in [3.8, 4) is 11.5 Å². The number of aliphatic hydroxyl groups excluding tert-OH is 1. The molecule has 1 N–H and O–H groups in total. The predicted molar refractivity (Wildman–Crippen MR) is 120 cm³/mol. The van der Waals surface area contributed by atoms with Crippen LogP contribution in [0.5, 0.6) is 11.5 Å². The Bertz CT molecular complexity index is 1370. The molecule has 34 heavy (non-hydrogen) atoms. The summed E-state index contributed by atoms with van der Waals surface area (Å²) in [4.78, 5) is 37.9. The number of anilines is 1. The summed E-state index contributed by atoms with van der Waals surface area (Å²) in [5, 5.41) is 31.0. The minimum atomic E-state index is -1.07. The third-order valence-electron chi connectivity index (χ3n) is 5.40. The van der Waals surface area contributed by atoms with Crippen LogP contribution in [0.4, 0.5) is 10.8 Å². The van der Waals surface area contributed by atoms with Gasteiger partial charge in [0.1, 0.15) is 24.0 Å². The molecule has 1 fully saturated rings. The first-order chi connectivity index (χ1) is 16.3. The van der Waals surface area contributed by atoms with Crippen LogP contribution in [0.1, 0.15) is 22.2 Å². The van der Waals surface area contributed by atoms with E-state index >= 15 is 0 Å². The normalized spacial score (nSPS) is 18.9. The van der Waals surface area contributed by atoms with Crippen molar-refractivity contribution in [1.29, 1.82) is 0 Å². The van der Waals surface area contributed by atoms with Gasteiger partial charge in [0.2, 0.25) is 5.13 Å². The third-order valence-corrected chi connectivity index (χ3v) is 6.24. The van der Waals surface area contributed by atoms with Crippen molar-refractivity contribution in [3.63, 3.8) is 0 Å². The number of carbonyl (C=O) groups is 2. The molecule has 2 aliphatic heterocycles. The summed E-state index contributed by atoms with van der Waals surface area (Å²) >= 11 is 1.11. The van der Waals surface area contributed by atoms with Crippen LogP contribution in [-0.2, 0) is 9.59 Å². The first kappa shape index (κ1) is 21.5. The molecule has 3 aromatic rings. The molecule has 0 spiro atoms. The van der Waals surface area contributed by atoms with E-state index in [4.69, 9.17) is 9.47 Å². The number of aliphatic hydroxyl groups is 1. The molecule has 12 heteroatoms. The van der Waals surface area contributed by atoms with Crippen LogP contribution in [0.25, 0.3) is 5.76 Å². The van der Waals surface area contributed by atoms with Crippen molar-refractivity contribution >= 4 is 39.6 Å². The Kier molecular flexibility index (Phi) is 5.21. The van der Waals surface area contributed by atoms with Crippen LogP contribution >= 0.6 is 11.3 Å². The van der Waals surface area contributed by atoms with Crippen molar-refractivity contribution < 1.29 is 29.1 Å². The molecule has 0 saturated carbocycles. The average Bonchev–Trinajstić information content (AvgIpc) is 3.38. The van der Waals surface area contributed by atoms with Crippen LogP contribution in [-0.4, -0.2) is 45.1 Å². The summed E-state index contributed by atoms with van der Waals surface area (Å²) in [6.45, 7) is 2.43. The lowest BCUT2D eigenvalue weighted by atomic mass is 9.95. The zero-order valence-electron chi connectivity index (χ0n) is 17.6. The lowest BCUT2D eigenvalue weighted by Crippen LogP contribution is -2.29. The number of ether oxygens (including phenoxy) is 2. The van der Waals surface area contributed by atoms with Gasteiger partial charge in [-0.1, -0.05) is 11.3 Å². The van der Waals surface area contributed by atoms with Crippen LogP contribution in [0.2, 0.25) is 0 Å². The standard InChI is InChI=1S/C22H16N4O7S/c1-11-23-24-22(34-11)25-18(12-2-5-14(6-3-12)26(30)31)17(20(28)21(25)29)19(27)13-4-7-15-16(10-13)33-9-8-32-15/h2-7,10,18,27H,8-9H2,1H3/t18-/m1/s1. The van der Waals surface area contributed by atoms with Crippen LogP contribution in [0, 0.1) is 17.0 Å². The SMILES string of the molecule is Cc1nnc(N2C(=O)C(=O)C(=C(O)c3ccc4c(c3)OCCO4)[C@H]2c2ccc([N+](=O)[O-])cc2)s1.